The molecule has 18 heavy (non-hydrogen) atoms. The average Bonchev–Trinajstić information content (AvgIpc) is 2.33. The van der Waals surface area contributed by atoms with Crippen LogP contribution in [0, 0.1) is 10.5 Å². The minimum atomic E-state index is 0.238. The lowest BCUT2D eigenvalue weighted by Crippen LogP contribution is -2.06. The second-order valence-corrected chi connectivity index (χ2v) is 6.05. The SMILES string of the molecule is Cc1ccc(NC(C)c2ccc(I)cc2)c(Cl)c1. The fraction of sp³-hybridized carbons (Fsp3) is 0.200. The molecule has 0 fully saturated rings. The Morgan fingerprint density at radius 1 is 1.11 bits per heavy atom. The molecule has 0 aliphatic rings. The fourth-order valence-corrected chi connectivity index (χ4v) is 2.45. The molecule has 0 radical (unpaired) electrons. The Hall–Kier alpha value is -0.740. The summed E-state index contributed by atoms with van der Waals surface area (Å²) in [6.45, 7) is 4.18. The van der Waals surface area contributed by atoms with Crippen molar-refractivity contribution in [1.29, 1.82) is 0 Å². The zero-order valence-corrected chi connectivity index (χ0v) is 13.3. The molecule has 94 valence electrons. The van der Waals surface area contributed by atoms with Gasteiger partial charge in [0.1, 0.15) is 0 Å². The Balaban J connectivity index is 2.15. The van der Waals surface area contributed by atoms with E-state index in [0.29, 0.717) is 0 Å². The molecule has 1 unspecified atom stereocenters. The highest BCUT2D eigenvalue weighted by Crippen LogP contribution is 2.27. The topological polar surface area (TPSA) is 12.0 Å². The minimum absolute atomic E-state index is 0.238. The van der Waals surface area contributed by atoms with E-state index in [1.165, 1.54) is 14.7 Å². The summed E-state index contributed by atoms with van der Waals surface area (Å²) in [5.41, 5.74) is 3.41. The summed E-state index contributed by atoms with van der Waals surface area (Å²) in [5, 5.41) is 4.21. The van der Waals surface area contributed by atoms with Gasteiger partial charge in [-0.05, 0) is 71.8 Å². The molecule has 0 aromatic heterocycles. The van der Waals surface area contributed by atoms with Gasteiger partial charge in [-0.15, -0.1) is 0 Å². The summed E-state index contributed by atoms with van der Waals surface area (Å²) in [6, 6.07) is 14.8. The van der Waals surface area contributed by atoms with Gasteiger partial charge in [0.25, 0.3) is 0 Å². The predicted molar refractivity (Wildman–Crippen MR) is 87.4 cm³/mol. The van der Waals surface area contributed by atoms with E-state index in [0.717, 1.165) is 10.7 Å². The Labute approximate surface area is 127 Å². The molecule has 1 nitrogen and oxygen atoms in total. The second kappa shape index (κ2) is 5.93. The zero-order chi connectivity index (χ0) is 13.1. The van der Waals surface area contributed by atoms with Crippen molar-refractivity contribution in [2.75, 3.05) is 5.32 Å². The molecule has 1 N–H and O–H groups in total. The van der Waals surface area contributed by atoms with Crippen LogP contribution in [0.2, 0.25) is 5.02 Å². The number of anilines is 1. The third-order valence-electron chi connectivity index (χ3n) is 2.87. The molecule has 0 amide bonds. The van der Waals surface area contributed by atoms with Crippen molar-refractivity contribution in [3.8, 4) is 0 Å². The van der Waals surface area contributed by atoms with Crippen molar-refractivity contribution < 1.29 is 0 Å². The largest absolute Gasteiger partial charge is 0.377 e. The van der Waals surface area contributed by atoms with E-state index >= 15 is 0 Å². The molecule has 0 aliphatic heterocycles. The molecule has 2 rings (SSSR count). The molecular weight excluding hydrogens is 357 g/mol. The average molecular weight is 372 g/mol. The van der Waals surface area contributed by atoms with E-state index in [1.54, 1.807) is 0 Å². The van der Waals surface area contributed by atoms with Crippen molar-refractivity contribution in [2.24, 2.45) is 0 Å². The van der Waals surface area contributed by atoms with Crippen LogP contribution in [0.1, 0.15) is 24.1 Å². The third kappa shape index (κ3) is 3.39. The first-order chi connectivity index (χ1) is 8.56. The van der Waals surface area contributed by atoms with Gasteiger partial charge >= 0.3 is 0 Å². The highest BCUT2D eigenvalue weighted by atomic mass is 127. The normalized spacial score (nSPS) is 12.2. The van der Waals surface area contributed by atoms with Crippen LogP contribution in [0.5, 0.6) is 0 Å². The number of aryl methyl sites for hydroxylation is 1. The minimum Gasteiger partial charge on any atom is -0.377 e. The van der Waals surface area contributed by atoms with Crippen molar-refractivity contribution in [1.82, 2.24) is 0 Å². The standard InChI is InChI=1S/C15H15ClIN/c1-10-3-8-15(14(16)9-10)18-11(2)12-4-6-13(17)7-5-12/h3-9,11,18H,1-2H3. The van der Waals surface area contributed by atoms with Crippen molar-refractivity contribution in [2.45, 2.75) is 19.9 Å². The van der Waals surface area contributed by atoms with Crippen LogP contribution in [0.15, 0.2) is 42.5 Å². The van der Waals surface area contributed by atoms with Crippen LogP contribution in [-0.2, 0) is 0 Å². The maximum atomic E-state index is 6.22. The summed E-state index contributed by atoms with van der Waals surface area (Å²) >= 11 is 8.53. The molecule has 0 aliphatic carbocycles. The van der Waals surface area contributed by atoms with Crippen LogP contribution < -0.4 is 5.32 Å². The molecule has 2 aromatic carbocycles. The maximum Gasteiger partial charge on any atom is 0.0640 e. The fourth-order valence-electron chi connectivity index (χ4n) is 1.81. The predicted octanol–water partition coefficient (Wildman–Crippen LogP) is 5.43. The summed E-state index contributed by atoms with van der Waals surface area (Å²) in [6.07, 6.45) is 0. The van der Waals surface area contributed by atoms with Gasteiger partial charge in [-0.1, -0.05) is 29.8 Å². The highest BCUT2D eigenvalue weighted by molar-refractivity contribution is 14.1. The van der Waals surface area contributed by atoms with Crippen LogP contribution in [-0.4, -0.2) is 0 Å². The zero-order valence-electron chi connectivity index (χ0n) is 10.4. The van der Waals surface area contributed by atoms with E-state index in [1.807, 2.05) is 19.1 Å². The second-order valence-electron chi connectivity index (χ2n) is 4.40. The van der Waals surface area contributed by atoms with Gasteiger partial charge < -0.3 is 5.32 Å². The van der Waals surface area contributed by atoms with Gasteiger partial charge in [0, 0.05) is 9.61 Å². The van der Waals surface area contributed by atoms with Gasteiger partial charge in [0.2, 0.25) is 0 Å². The molecule has 1 atom stereocenters. The lowest BCUT2D eigenvalue weighted by molar-refractivity contribution is 0.884. The van der Waals surface area contributed by atoms with E-state index in [-0.39, 0.29) is 6.04 Å². The molecule has 2 aromatic rings. The lowest BCUT2D eigenvalue weighted by Gasteiger charge is -2.17. The Morgan fingerprint density at radius 2 is 1.78 bits per heavy atom. The lowest BCUT2D eigenvalue weighted by atomic mass is 10.1. The third-order valence-corrected chi connectivity index (χ3v) is 3.90. The summed E-state index contributed by atoms with van der Waals surface area (Å²) in [7, 11) is 0. The first kappa shape index (κ1) is 13.7. The van der Waals surface area contributed by atoms with E-state index in [9.17, 15) is 0 Å². The van der Waals surface area contributed by atoms with Gasteiger partial charge in [0.05, 0.1) is 10.7 Å². The molecule has 3 heteroatoms. The van der Waals surface area contributed by atoms with Gasteiger partial charge in [0.15, 0.2) is 0 Å². The summed E-state index contributed by atoms with van der Waals surface area (Å²) in [4.78, 5) is 0. The molecule has 0 spiro atoms. The number of halogens is 2. The monoisotopic (exact) mass is 371 g/mol. The number of benzene rings is 2. The Kier molecular flexibility index (Phi) is 4.51. The summed E-state index contributed by atoms with van der Waals surface area (Å²) < 4.78 is 1.25. The van der Waals surface area contributed by atoms with Crippen LogP contribution in [0.3, 0.4) is 0 Å². The van der Waals surface area contributed by atoms with E-state index < -0.39 is 0 Å². The van der Waals surface area contributed by atoms with Gasteiger partial charge in [-0.2, -0.15) is 0 Å². The number of hydrogen-bond donors (Lipinski definition) is 1. The van der Waals surface area contributed by atoms with Crippen molar-refractivity contribution in [3.05, 3.63) is 62.2 Å². The quantitative estimate of drug-likeness (QED) is 0.710. The Morgan fingerprint density at radius 3 is 2.39 bits per heavy atom. The Bertz CT molecular complexity index is 537. The first-order valence-corrected chi connectivity index (χ1v) is 7.30. The van der Waals surface area contributed by atoms with Gasteiger partial charge in [-0.3, -0.25) is 0 Å². The van der Waals surface area contributed by atoms with Crippen LogP contribution >= 0.6 is 34.2 Å². The van der Waals surface area contributed by atoms with Crippen LogP contribution in [0.4, 0.5) is 5.69 Å². The van der Waals surface area contributed by atoms with E-state index in [4.69, 9.17) is 11.6 Å². The molecular formula is C15H15ClIN. The molecule has 0 saturated heterocycles. The van der Waals surface area contributed by atoms with Crippen molar-refractivity contribution >= 4 is 39.9 Å². The number of nitrogens with one attached hydrogen (secondary N) is 1. The van der Waals surface area contributed by atoms with Crippen molar-refractivity contribution in [3.63, 3.8) is 0 Å². The maximum absolute atomic E-state index is 6.22. The van der Waals surface area contributed by atoms with Gasteiger partial charge in [-0.25, -0.2) is 0 Å². The highest BCUT2D eigenvalue weighted by Gasteiger charge is 2.07. The molecule has 0 bridgehead atoms. The summed E-state index contributed by atoms with van der Waals surface area (Å²) in [5.74, 6) is 0. The molecule has 0 saturated carbocycles. The first-order valence-electron chi connectivity index (χ1n) is 5.84. The van der Waals surface area contributed by atoms with Crippen LogP contribution in [0.25, 0.3) is 0 Å². The molecule has 0 heterocycles. The van der Waals surface area contributed by atoms with E-state index in [2.05, 4.69) is 65.2 Å². The smallest absolute Gasteiger partial charge is 0.0640 e. The number of rotatable bonds is 3. The number of hydrogen-bond acceptors (Lipinski definition) is 1.